The first-order valence-electron chi connectivity index (χ1n) is 5.91. The molecule has 0 spiro atoms. The summed E-state index contributed by atoms with van der Waals surface area (Å²) < 4.78 is 5.08. The third-order valence-corrected chi connectivity index (χ3v) is 4.57. The summed E-state index contributed by atoms with van der Waals surface area (Å²) in [6, 6.07) is 7.27. The number of rotatable bonds is 1. The molecule has 5 atom stereocenters. The van der Waals surface area contributed by atoms with Crippen molar-refractivity contribution in [2.75, 3.05) is 0 Å². The van der Waals surface area contributed by atoms with Crippen molar-refractivity contribution in [1.82, 2.24) is 9.55 Å². The Morgan fingerprint density at radius 1 is 1.35 bits per heavy atom. The summed E-state index contributed by atoms with van der Waals surface area (Å²) in [5, 5.41) is 30.1. The Hall–Kier alpha value is -0.700. The summed E-state index contributed by atoms with van der Waals surface area (Å²) in [6.07, 6.45) is -2.47. The number of halogens is 2. The number of aliphatic hydroxyl groups excluding tert-OH is 2. The number of nitrogens with zero attached hydrogens (tertiary/aromatic N) is 2. The zero-order valence-electron chi connectivity index (χ0n) is 10.1. The Bertz CT molecular complexity index is 635. The fraction of sp³-hybridized carbons (Fsp3) is 0.417. The predicted molar refractivity (Wildman–Crippen MR) is 75.4 cm³/mol. The highest BCUT2D eigenvalue weighted by Crippen LogP contribution is 2.42. The van der Waals surface area contributed by atoms with Gasteiger partial charge in [-0.05, 0) is 28.1 Å². The van der Waals surface area contributed by atoms with Gasteiger partial charge in [-0.25, -0.2) is 4.98 Å². The zero-order chi connectivity index (χ0) is 14.5. The van der Waals surface area contributed by atoms with E-state index >= 15 is 0 Å². The molecule has 3 N–H and O–H groups in total. The van der Waals surface area contributed by atoms with Crippen molar-refractivity contribution < 1.29 is 20.1 Å². The van der Waals surface area contributed by atoms with E-state index in [0.29, 0.717) is 11.0 Å². The van der Waals surface area contributed by atoms with Gasteiger partial charge in [0, 0.05) is 0 Å². The van der Waals surface area contributed by atoms with Crippen LogP contribution >= 0.6 is 27.5 Å². The molecule has 2 aromatic rings. The molecule has 1 aromatic carbocycles. The van der Waals surface area contributed by atoms with Gasteiger partial charge in [0.1, 0.15) is 12.2 Å². The number of fused-ring (bicyclic) bond motifs is 1. The topological polar surface area (TPSA) is 87.7 Å². The number of ether oxygens (including phenoxy) is 1. The lowest BCUT2D eigenvalue weighted by atomic mass is 10.0. The monoisotopic (exact) mass is 362 g/mol. The van der Waals surface area contributed by atoms with Crippen LogP contribution in [0.1, 0.15) is 6.23 Å². The molecule has 0 radical (unpaired) electrons. The first kappa shape index (κ1) is 14.2. The summed E-state index contributed by atoms with van der Waals surface area (Å²) in [5.74, 6) is 0. The van der Waals surface area contributed by atoms with Crippen molar-refractivity contribution in [3.63, 3.8) is 0 Å². The molecule has 0 bridgehead atoms. The largest absolute Gasteiger partial charge is 0.386 e. The molecule has 1 aliphatic heterocycles. The summed E-state index contributed by atoms with van der Waals surface area (Å²) in [5.41, 5.74) is 0.281. The van der Waals surface area contributed by atoms with Crippen LogP contribution in [0.15, 0.2) is 30.6 Å². The molecule has 1 aliphatic rings. The fourth-order valence-corrected chi connectivity index (χ4v) is 3.09. The fourth-order valence-electron chi connectivity index (χ4n) is 2.25. The molecule has 108 valence electrons. The Labute approximate surface area is 127 Å². The predicted octanol–water partition coefficient (Wildman–Crippen LogP) is 0.935. The maximum Gasteiger partial charge on any atom is 0.193 e. The van der Waals surface area contributed by atoms with Crippen LogP contribution in [-0.2, 0) is 4.74 Å². The van der Waals surface area contributed by atoms with Crippen molar-refractivity contribution in [2.45, 2.75) is 28.5 Å². The highest BCUT2D eigenvalue weighted by atomic mass is 79.9. The van der Waals surface area contributed by atoms with E-state index in [1.54, 1.807) is 10.6 Å². The molecule has 2 heterocycles. The van der Waals surface area contributed by atoms with Gasteiger partial charge in [0.05, 0.1) is 17.4 Å². The molecule has 0 amide bonds. The standard InChI is InChI=1S/C12H12BrClN2O4/c13-12(19)9(18)8(17)10(14)20-11(12)16-5-15-6-3-1-2-4-7(6)16/h1-5,8-11,17-19H/t8-,9+,10?,11+,12+/m0/s1. The van der Waals surface area contributed by atoms with Gasteiger partial charge in [-0.15, -0.1) is 0 Å². The van der Waals surface area contributed by atoms with E-state index in [2.05, 4.69) is 20.9 Å². The van der Waals surface area contributed by atoms with E-state index in [0.717, 1.165) is 0 Å². The summed E-state index contributed by atoms with van der Waals surface area (Å²) >= 11 is 8.87. The van der Waals surface area contributed by atoms with Crippen molar-refractivity contribution >= 4 is 38.6 Å². The Kier molecular flexibility index (Phi) is 3.52. The SMILES string of the molecule is O[C@@H]1C(Cl)O[C@@H](n2cnc3ccccc32)[C@@](O)(Br)[C@@H]1O. The molecule has 20 heavy (non-hydrogen) atoms. The number of benzene rings is 1. The number of para-hydroxylation sites is 2. The smallest absolute Gasteiger partial charge is 0.193 e. The third kappa shape index (κ3) is 2.05. The van der Waals surface area contributed by atoms with Crippen LogP contribution in [0.4, 0.5) is 0 Å². The molecule has 6 nitrogen and oxygen atoms in total. The first-order chi connectivity index (χ1) is 9.43. The van der Waals surface area contributed by atoms with Crippen molar-refractivity contribution in [1.29, 1.82) is 0 Å². The second kappa shape index (κ2) is 4.94. The van der Waals surface area contributed by atoms with Crippen molar-refractivity contribution in [2.24, 2.45) is 0 Å². The van der Waals surface area contributed by atoms with Crippen molar-refractivity contribution in [3.05, 3.63) is 30.6 Å². The second-order valence-corrected chi connectivity index (χ2v) is 6.34. The Morgan fingerprint density at radius 2 is 2.05 bits per heavy atom. The summed E-state index contributed by atoms with van der Waals surface area (Å²) in [4.78, 5) is 4.19. The molecule has 1 unspecified atom stereocenters. The third-order valence-electron chi connectivity index (χ3n) is 3.35. The Balaban J connectivity index is 2.08. The highest BCUT2D eigenvalue weighted by Gasteiger charge is 2.54. The zero-order valence-corrected chi connectivity index (χ0v) is 12.4. The number of hydrogen-bond donors (Lipinski definition) is 3. The minimum Gasteiger partial charge on any atom is -0.386 e. The number of alkyl halides is 2. The van der Waals surface area contributed by atoms with Gasteiger partial charge in [0.15, 0.2) is 16.3 Å². The normalized spacial score (nSPS) is 38.2. The Morgan fingerprint density at radius 3 is 2.80 bits per heavy atom. The summed E-state index contributed by atoms with van der Waals surface area (Å²) in [7, 11) is 0. The van der Waals surface area contributed by atoms with Gasteiger partial charge in [0.25, 0.3) is 0 Å². The molecule has 8 heteroatoms. The van der Waals surface area contributed by atoms with Crippen LogP contribution in [-0.4, -0.2) is 47.2 Å². The van der Waals surface area contributed by atoms with Crippen LogP contribution < -0.4 is 0 Å². The molecule has 0 aliphatic carbocycles. The minimum absolute atomic E-state index is 0.711. The van der Waals surface area contributed by atoms with Crippen LogP contribution in [0.2, 0.25) is 0 Å². The average molecular weight is 364 g/mol. The van der Waals surface area contributed by atoms with Gasteiger partial charge in [-0.2, -0.15) is 0 Å². The first-order valence-corrected chi connectivity index (χ1v) is 7.14. The molecular formula is C12H12BrClN2O4. The van der Waals surface area contributed by atoms with Crippen LogP contribution in [0, 0.1) is 0 Å². The quantitative estimate of drug-likeness (QED) is 0.656. The number of imidazole rings is 1. The van der Waals surface area contributed by atoms with E-state index in [9.17, 15) is 15.3 Å². The molecule has 1 saturated heterocycles. The highest BCUT2D eigenvalue weighted by molar-refractivity contribution is 9.10. The van der Waals surface area contributed by atoms with Gasteiger partial charge in [-0.1, -0.05) is 23.7 Å². The minimum atomic E-state index is -1.89. The second-order valence-electron chi connectivity index (χ2n) is 4.64. The van der Waals surface area contributed by atoms with Gasteiger partial charge < -0.3 is 24.6 Å². The van der Waals surface area contributed by atoms with Gasteiger partial charge >= 0.3 is 0 Å². The average Bonchev–Trinajstić information content (AvgIpc) is 2.85. The van der Waals surface area contributed by atoms with E-state index in [-0.39, 0.29) is 0 Å². The number of hydrogen-bond acceptors (Lipinski definition) is 5. The van der Waals surface area contributed by atoms with E-state index in [1.165, 1.54) is 6.33 Å². The van der Waals surface area contributed by atoms with Crippen molar-refractivity contribution in [3.8, 4) is 0 Å². The van der Waals surface area contributed by atoms with Crippen LogP contribution in [0.5, 0.6) is 0 Å². The molecule has 1 fully saturated rings. The molecule has 0 saturated carbocycles. The number of aliphatic hydroxyl groups is 3. The lowest BCUT2D eigenvalue weighted by Crippen LogP contribution is -2.59. The molecular weight excluding hydrogens is 351 g/mol. The lowest BCUT2D eigenvalue weighted by Gasteiger charge is -2.44. The van der Waals surface area contributed by atoms with Crippen LogP contribution in [0.3, 0.4) is 0 Å². The molecule has 1 aromatic heterocycles. The van der Waals surface area contributed by atoms with Gasteiger partial charge in [0.2, 0.25) is 0 Å². The summed E-state index contributed by atoms with van der Waals surface area (Å²) in [6.45, 7) is 0. The van der Waals surface area contributed by atoms with E-state index in [4.69, 9.17) is 16.3 Å². The van der Waals surface area contributed by atoms with E-state index < -0.39 is 28.5 Å². The number of aromatic nitrogens is 2. The molecule has 3 rings (SSSR count). The van der Waals surface area contributed by atoms with Crippen LogP contribution in [0.25, 0.3) is 11.0 Å². The van der Waals surface area contributed by atoms with Gasteiger partial charge in [-0.3, -0.25) is 0 Å². The lowest BCUT2D eigenvalue weighted by molar-refractivity contribution is -0.235. The maximum absolute atomic E-state index is 10.4. The maximum atomic E-state index is 10.4. The van der Waals surface area contributed by atoms with E-state index in [1.807, 2.05) is 18.2 Å².